The van der Waals surface area contributed by atoms with Crippen molar-refractivity contribution in [3.8, 4) is 0 Å². The first kappa shape index (κ1) is 8.90. The van der Waals surface area contributed by atoms with Gasteiger partial charge in [0.05, 0.1) is 5.91 Å². The van der Waals surface area contributed by atoms with E-state index in [9.17, 15) is 0 Å². The molecule has 0 aromatic rings. The molecule has 2 N–H and O–H groups in total. The van der Waals surface area contributed by atoms with E-state index in [1.54, 1.807) is 0 Å². The smallest absolute Gasteiger partial charge is 0.0770 e. The second kappa shape index (κ2) is 4.03. The molecule has 0 fully saturated rings. The Morgan fingerprint density at radius 2 is 1.80 bits per heavy atom. The molecule has 5 heavy (non-hydrogen) atoms. The molecule has 0 saturated carbocycles. The topological polar surface area (TPSA) is 43.1 Å². The Morgan fingerprint density at radius 1 is 1.80 bits per heavy atom. The minimum absolute atomic E-state index is 0. The molecule has 0 saturated heterocycles. The van der Waals surface area contributed by atoms with E-state index in [2.05, 4.69) is 12.7 Å². The van der Waals surface area contributed by atoms with Crippen molar-refractivity contribution in [1.29, 1.82) is 0 Å². The molecule has 0 radical (unpaired) electrons. The minimum atomic E-state index is -0.583. The number of hydrogen-bond acceptors (Lipinski definition) is 1. The predicted octanol–water partition coefficient (Wildman–Crippen LogP) is -0.697. The second-order valence-corrected chi connectivity index (χ2v) is 0.466. The van der Waals surface area contributed by atoms with Crippen LogP contribution in [0.4, 0.5) is 0 Å². The van der Waals surface area contributed by atoms with Gasteiger partial charge in [0.15, 0.2) is 0 Å². The van der Waals surface area contributed by atoms with Gasteiger partial charge in [-0.3, -0.25) is 0 Å². The first-order valence-electron chi connectivity index (χ1n) is 0.846. The molecule has 0 aromatic carbocycles. The number of carbonyl (C=O) groups is 1. The summed E-state index contributed by atoms with van der Waals surface area (Å²) in [7, 11) is 0. The molecule has 0 aliphatic carbocycles. The van der Waals surface area contributed by atoms with Crippen LogP contribution in [0.5, 0.6) is 0 Å². The van der Waals surface area contributed by atoms with Gasteiger partial charge in [-0.1, -0.05) is 0 Å². The van der Waals surface area contributed by atoms with Gasteiger partial charge in [-0.2, -0.15) is 0 Å². The number of amides is 1. The van der Waals surface area contributed by atoms with Crippen LogP contribution in [0, 0.1) is 6.92 Å². The maximum absolute atomic E-state index is 9.11. The molecule has 0 aliphatic rings. The summed E-state index contributed by atoms with van der Waals surface area (Å²) in [6, 6.07) is 0. The molecule has 2 nitrogen and oxygen atoms in total. The number of carbonyl (C=O) groups excluding carboxylic acids is 1. The van der Waals surface area contributed by atoms with Gasteiger partial charge in [-0.25, -0.2) is 0 Å². The molecule has 0 spiro atoms. The van der Waals surface area contributed by atoms with Gasteiger partial charge < -0.3 is 17.5 Å². The molecule has 0 bridgehead atoms. The molecule has 3 heteroatoms. The van der Waals surface area contributed by atoms with E-state index in [0.717, 1.165) is 0 Å². The van der Waals surface area contributed by atoms with Crippen molar-refractivity contribution < 1.29 is 25.9 Å². The zero-order valence-electron chi connectivity index (χ0n) is 2.51. The van der Waals surface area contributed by atoms with E-state index in [4.69, 9.17) is 4.79 Å². The van der Waals surface area contributed by atoms with Crippen molar-refractivity contribution in [3.05, 3.63) is 6.92 Å². The van der Waals surface area contributed by atoms with Gasteiger partial charge in [0.25, 0.3) is 0 Å². The summed E-state index contributed by atoms with van der Waals surface area (Å²) < 4.78 is 0. The van der Waals surface area contributed by atoms with Crippen LogP contribution in [0.25, 0.3) is 0 Å². The molecule has 0 aliphatic heterocycles. The molecular formula is C2H4NOPt-. The largest absolute Gasteiger partial charge is 0.395 e. The van der Waals surface area contributed by atoms with E-state index in [1.165, 1.54) is 0 Å². The van der Waals surface area contributed by atoms with Crippen molar-refractivity contribution >= 4 is 5.91 Å². The normalized spacial score (nSPS) is 4.80. The molecule has 0 rings (SSSR count). The van der Waals surface area contributed by atoms with Crippen LogP contribution in [-0.4, -0.2) is 5.91 Å². The van der Waals surface area contributed by atoms with Crippen molar-refractivity contribution in [3.63, 3.8) is 0 Å². The molecule has 0 atom stereocenters. The number of hydrogen-bond donors (Lipinski definition) is 1. The van der Waals surface area contributed by atoms with E-state index < -0.39 is 5.91 Å². The van der Waals surface area contributed by atoms with E-state index in [-0.39, 0.29) is 21.1 Å². The summed E-state index contributed by atoms with van der Waals surface area (Å²) in [5.74, 6) is -0.583. The fourth-order valence-corrected chi connectivity index (χ4v) is 0. The molecule has 1 amide bonds. The van der Waals surface area contributed by atoms with Crippen LogP contribution >= 0.6 is 0 Å². The van der Waals surface area contributed by atoms with Gasteiger partial charge in [-0.15, -0.1) is 0 Å². The summed E-state index contributed by atoms with van der Waals surface area (Å²) >= 11 is 0. The van der Waals surface area contributed by atoms with Crippen LogP contribution in [0.2, 0.25) is 0 Å². The van der Waals surface area contributed by atoms with Crippen LogP contribution in [-0.2, 0) is 25.9 Å². The van der Waals surface area contributed by atoms with E-state index >= 15 is 0 Å². The Morgan fingerprint density at radius 3 is 1.80 bits per heavy atom. The number of nitrogens with two attached hydrogens (primary N) is 1. The number of rotatable bonds is 0. The molecule has 0 aromatic heterocycles. The van der Waals surface area contributed by atoms with E-state index in [1.807, 2.05) is 0 Å². The van der Waals surface area contributed by atoms with Gasteiger partial charge in [-0.05, 0) is 0 Å². The standard InChI is InChI=1S/C2H4NO.Pt/c1-2(3)4;/h1H2,(H2,3,4);/q-1;. The Balaban J connectivity index is 0. The monoisotopic (exact) mass is 253 g/mol. The molecule has 34 valence electrons. The minimum Gasteiger partial charge on any atom is -0.395 e. The first-order valence-corrected chi connectivity index (χ1v) is 0.846. The summed E-state index contributed by atoms with van der Waals surface area (Å²) in [6.45, 7) is 2.78. The third kappa shape index (κ3) is 20700. The van der Waals surface area contributed by atoms with Crippen LogP contribution < -0.4 is 5.73 Å². The Bertz CT molecular complexity index is 32.6. The van der Waals surface area contributed by atoms with Gasteiger partial charge >= 0.3 is 0 Å². The quantitative estimate of drug-likeness (QED) is 0.570. The van der Waals surface area contributed by atoms with Crippen LogP contribution in [0.1, 0.15) is 0 Å². The zero-order valence-corrected chi connectivity index (χ0v) is 4.78. The fourth-order valence-electron chi connectivity index (χ4n) is 0. The summed E-state index contributed by atoms with van der Waals surface area (Å²) in [5, 5.41) is 0. The number of primary amides is 1. The maximum atomic E-state index is 9.11. The third-order valence-electron chi connectivity index (χ3n) is 0. The predicted molar refractivity (Wildman–Crippen MR) is 14.6 cm³/mol. The summed E-state index contributed by atoms with van der Waals surface area (Å²) in [6.07, 6.45) is 0. The molecular weight excluding hydrogens is 249 g/mol. The second-order valence-electron chi connectivity index (χ2n) is 0.466. The Hall–Kier alpha value is 0.0283. The van der Waals surface area contributed by atoms with Gasteiger partial charge in [0.1, 0.15) is 0 Å². The van der Waals surface area contributed by atoms with Crippen molar-refractivity contribution in [2.24, 2.45) is 5.73 Å². The Kier molecular flexibility index (Phi) is 7.17. The van der Waals surface area contributed by atoms with Gasteiger partial charge in [0, 0.05) is 21.1 Å². The summed E-state index contributed by atoms with van der Waals surface area (Å²) in [5.41, 5.74) is 4.36. The summed E-state index contributed by atoms with van der Waals surface area (Å²) in [4.78, 5) is 9.11. The SMILES string of the molecule is [CH2-]C(N)=O.[Pt]. The zero-order chi connectivity index (χ0) is 3.58. The molecule has 0 heterocycles. The van der Waals surface area contributed by atoms with Crippen LogP contribution in [0.3, 0.4) is 0 Å². The van der Waals surface area contributed by atoms with Gasteiger partial charge in [0.2, 0.25) is 0 Å². The molecule has 0 unspecified atom stereocenters. The first-order chi connectivity index (χ1) is 1.73. The maximum Gasteiger partial charge on any atom is 0.0770 e. The Labute approximate surface area is 45.0 Å². The third-order valence-corrected chi connectivity index (χ3v) is 0. The van der Waals surface area contributed by atoms with Crippen LogP contribution in [0.15, 0.2) is 0 Å². The van der Waals surface area contributed by atoms with E-state index in [0.29, 0.717) is 0 Å². The van der Waals surface area contributed by atoms with Crippen molar-refractivity contribution in [2.45, 2.75) is 0 Å². The van der Waals surface area contributed by atoms with Crippen molar-refractivity contribution in [1.82, 2.24) is 0 Å². The average Bonchev–Trinajstić information content (AvgIpc) is 0.811. The average molecular weight is 253 g/mol. The fraction of sp³-hybridized carbons (Fsp3) is 0. The van der Waals surface area contributed by atoms with Crippen molar-refractivity contribution in [2.75, 3.05) is 0 Å².